The number of nitrogens with two attached hydrogens (primary N) is 1. The van der Waals surface area contributed by atoms with Crippen LogP contribution in [0.4, 0.5) is 5.69 Å². The third-order valence-electron chi connectivity index (χ3n) is 5.20. The quantitative estimate of drug-likeness (QED) is 0.406. The molecule has 0 radical (unpaired) electrons. The SMILES string of the molecule is CC(C)COC(=O)CN1Cc2cc(OCC(=O)N(Cc3ccccc3)C(C)O)ccc2N=C1N. The highest BCUT2D eigenvalue weighted by molar-refractivity contribution is 5.87. The molecule has 1 amide bonds. The molecule has 0 spiro atoms. The van der Waals surface area contributed by atoms with E-state index in [1.165, 1.54) is 4.90 Å². The zero-order chi connectivity index (χ0) is 24.7. The molecule has 0 bridgehead atoms. The van der Waals surface area contributed by atoms with Crippen LogP contribution in [0, 0.1) is 5.92 Å². The molecular weight excluding hydrogens is 436 g/mol. The number of rotatable bonds is 10. The lowest BCUT2D eigenvalue weighted by Gasteiger charge is -2.28. The number of aliphatic hydroxyl groups excluding tert-OH is 1. The maximum absolute atomic E-state index is 12.7. The molecule has 34 heavy (non-hydrogen) atoms. The summed E-state index contributed by atoms with van der Waals surface area (Å²) in [5.41, 5.74) is 8.42. The fourth-order valence-electron chi connectivity index (χ4n) is 3.40. The minimum absolute atomic E-state index is 0.00605. The molecule has 0 saturated heterocycles. The lowest BCUT2D eigenvalue weighted by atomic mass is 10.1. The van der Waals surface area contributed by atoms with E-state index in [0.29, 0.717) is 24.6 Å². The van der Waals surface area contributed by atoms with Gasteiger partial charge in [0.15, 0.2) is 12.6 Å². The Morgan fingerprint density at radius 3 is 2.59 bits per heavy atom. The number of amides is 1. The molecule has 1 aliphatic rings. The van der Waals surface area contributed by atoms with Crippen LogP contribution < -0.4 is 10.5 Å². The number of aliphatic hydroxyl groups is 1. The second-order valence-corrected chi connectivity index (χ2v) is 8.62. The molecule has 0 aromatic heterocycles. The highest BCUT2D eigenvalue weighted by Crippen LogP contribution is 2.29. The van der Waals surface area contributed by atoms with E-state index in [4.69, 9.17) is 15.2 Å². The molecule has 1 aliphatic heterocycles. The number of nitrogens with zero attached hydrogens (tertiary/aromatic N) is 3. The second-order valence-electron chi connectivity index (χ2n) is 8.62. The molecule has 182 valence electrons. The molecule has 2 aromatic carbocycles. The topological polar surface area (TPSA) is 118 Å². The minimum atomic E-state index is -0.957. The van der Waals surface area contributed by atoms with E-state index in [9.17, 15) is 14.7 Å². The van der Waals surface area contributed by atoms with Gasteiger partial charge in [-0.2, -0.15) is 0 Å². The van der Waals surface area contributed by atoms with Gasteiger partial charge in [0.25, 0.3) is 5.91 Å². The van der Waals surface area contributed by atoms with Crippen LogP contribution >= 0.6 is 0 Å². The Labute approximate surface area is 199 Å². The van der Waals surface area contributed by atoms with Gasteiger partial charge in [0.1, 0.15) is 18.5 Å². The Morgan fingerprint density at radius 1 is 1.18 bits per heavy atom. The van der Waals surface area contributed by atoms with Gasteiger partial charge in [-0.3, -0.25) is 9.59 Å². The van der Waals surface area contributed by atoms with Gasteiger partial charge in [0.2, 0.25) is 0 Å². The van der Waals surface area contributed by atoms with Gasteiger partial charge in [0.05, 0.1) is 12.3 Å². The lowest BCUT2D eigenvalue weighted by Crippen LogP contribution is -2.42. The maximum Gasteiger partial charge on any atom is 0.325 e. The van der Waals surface area contributed by atoms with E-state index in [1.54, 1.807) is 30.0 Å². The third kappa shape index (κ3) is 6.95. The monoisotopic (exact) mass is 468 g/mol. The van der Waals surface area contributed by atoms with Crippen LogP contribution in [0.25, 0.3) is 0 Å². The standard InChI is InChI=1S/C25H32N4O5/c1-17(2)15-34-24(32)14-28-13-20-11-21(9-10-22(20)27-25(28)26)33-16-23(31)29(18(3)30)12-19-7-5-4-6-8-19/h4-11,17-18,30H,12-16H2,1-3H3,(H2,26,27). The number of carbonyl (C=O) groups excluding carboxylic acids is 2. The number of hydrogen-bond acceptors (Lipinski definition) is 8. The van der Waals surface area contributed by atoms with Crippen LogP contribution in [0.1, 0.15) is 31.9 Å². The molecule has 1 heterocycles. The number of aliphatic imine (C=N–C) groups is 1. The predicted molar refractivity (Wildman–Crippen MR) is 128 cm³/mol. The number of benzene rings is 2. The first-order valence-electron chi connectivity index (χ1n) is 11.2. The van der Waals surface area contributed by atoms with Gasteiger partial charge >= 0.3 is 5.97 Å². The first-order chi connectivity index (χ1) is 16.2. The van der Waals surface area contributed by atoms with Crippen molar-refractivity contribution in [3.63, 3.8) is 0 Å². The maximum atomic E-state index is 12.7. The zero-order valence-electron chi connectivity index (χ0n) is 19.8. The van der Waals surface area contributed by atoms with E-state index in [0.717, 1.165) is 11.1 Å². The molecule has 0 saturated carbocycles. The summed E-state index contributed by atoms with van der Waals surface area (Å²) in [5.74, 6) is 0.261. The van der Waals surface area contributed by atoms with Crippen molar-refractivity contribution in [2.24, 2.45) is 16.6 Å². The van der Waals surface area contributed by atoms with Crippen LogP contribution in [-0.4, -0.2) is 58.7 Å². The van der Waals surface area contributed by atoms with Crippen molar-refractivity contribution in [2.45, 2.75) is 40.1 Å². The Balaban J connectivity index is 1.61. The first kappa shape index (κ1) is 25.0. The van der Waals surface area contributed by atoms with Crippen LogP contribution in [-0.2, 0) is 27.4 Å². The third-order valence-corrected chi connectivity index (χ3v) is 5.20. The van der Waals surface area contributed by atoms with Crippen molar-refractivity contribution in [2.75, 3.05) is 19.8 Å². The number of hydrogen-bond donors (Lipinski definition) is 2. The van der Waals surface area contributed by atoms with Gasteiger partial charge < -0.3 is 30.1 Å². The van der Waals surface area contributed by atoms with Crippen molar-refractivity contribution in [3.8, 4) is 5.75 Å². The summed E-state index contributed by atoms with van der Waals surface area (Å²) in [5, 5.41) is 10.1. The fraction of sp³-hybridized carbons (Fsp3) is 0.400. The molecule has 1 unspecified atom stereocenters. The fourth-order valence-corrected chi connectivity index (χ4v) is 3.40. The smallest absolute Gasteiger partial charge is 0.325 e. The number of esters is 1. The van der Waals surface area contributed by atoms with Crippen LogP contribution in [0.15, 0.2) is 53.5 Å². The Morgan fingerprint density at radius 2 is 1.91 bits per heavy atom. The second kappa shape index (κ2) is 11.5. The summed E-state index contributed by atoms with van der Waals surface area (Å²) < 4.78 is 11.0. The van der Waals surface area contributed by atoms with E-state index >= 15 is 0 Å². The number of ether oxygens (including phenoxy) is 2. The van der Waals surface area contributed by atoms with Crippen LogP contribution in [0.2, 0.25) is 0 Å². The number of fused-ring (bicyclic) bond motifs is 1. The first-order valence-corrected chi connectivity index (χ1v) is 11.2. The molecule has 3 N–H and O–H groups in total. The van der Waals surface area contributed by atoms with Crippen LogP contribution in [0.3, 0.4) is 0 Å². The highest BCUT2D eigenvalue weighted by Gasteiger charge is 2.22. The van der Waals surface area contributed by atoms with Gasteiger partial charge in [-0.05, 0) is 36.6 Å². The molecule has 2 aromatic rings. The Bertz CT molecular complexity index is 1020. The predicted octanol–water partition coefficient (Wildman–Crippen LogP) is 2.39. The van der Waals surface area contributed by atoms with E-state index in [2.05, 4.69) is 4.99 Å². The average Bonchev–Trinajstić information content (AvgIpc) is 2.80. The van der Waals surface area contributed by atoms with Crippen molar-refractivity contribution < 1.29 is 24.2 Å². The normalized spacial score (nSPS) is 13.7. The van der Waals surface area contributed by atoms with E-state index in [-0.39, 0.29) is 43.5 Å². The lowest BCUT2D eigenvalue weighted by molar-refractivity contribution is -0.145. The summed E-state index contributed by atoms with van der Waals surface area (Å²) in [6.07, 6.45) is -0.957. The van der Waals surface area contributed by atoms with Crippen molar-refractivity contribution in [1.82, 2.24) is 9.80 Å². The Hall–Kier alpha value is -3.59. The van der Waals surface area contributed by atoms with Gasteiger partial charge in [-0.15, -0.1) is 0 Å². The molecule has 9 nitrogen and oxygen atoms in total. The summed E-state index contributed by atoms with van der Waals surface area (Å²) >= 11 is 0. The molecule has 1 atom stereocenters. The summed E-state index contributed by atoms with van der Waals surface area (Å²) in [6, 6.07) is 14.7. The van der Waals surface area contributed by atoms with Crippen LogP contribution in [0.5, 0.6) is 5.75 Å². The molecule has 3 rings (SSSR count). The van der Waals surface area contributed by atoms with Gasteiger partial charge in [-0.25, -0.2) is 4.99 Å². The summed E-state index contributed by atoms with van der Waals surface area (Å²) in [7, 11) is 0. The zero-order valence-corrected chi connectivity index (χ0v) is 19.8. The number of carbonyl (C=O) groups is 2. The molecule has 0 aliphatic carbocycles. The van der Waals surface area contributed by atoms with E-state index in [1.807, 2.05) is 44.2 Å². The van der Waals surface area contributed by atoms with E-state index < -0.39 is 6.23 Å². The number of guanidine groups is 1. The summed E-state index contributed by atoms with van der Waals surface area (Å²) in [6.45, 7) is 6.23. The van der Waals surface area contributed by atoms with Crippen molar-refractivity contribution in [1.29, 1.82) is 0 Å². The Kier molecular flexibility index (Phi) is 8.48. The average molecular weight is 469 g/mol. The summed E-state index contributed by atoms with van der Waals surface area (Å²) in [4.78, 5) is 32.2. The minimum Gasteiger partial charge on any atom is -0.484 e. The van der Waals surface area contributed by atoms with Crippen molar-refractivity contribution in [3.05, 3.63) is 59.7 Å². The van der Waals surface area contributed by atoms with Gasteiger partial charge in [0, 0.05) is 18.7 Å². The molecule has 0 fully saturated rings. The largest absolute Gasteiger partial charge is 0.484 e. The molecular formula is C25H32N4O5. The highest BCUT2D eigenvalue weighted by atomic mass is 16.5. The molecule has 9 heteroatoms. The van der Waals surface area contributed by atoms with Crippen molar-refractivity contribution >= 4 is 23.5 Å². The van der Waals surface area contributed by atoms with Gasteiger partial charge in [-0.1, -0.05) is 44.2 Å².